The zero-order valence-corrected chi connectivity index (χ0v) is 13.8. The number of benzene rings is 3. The molecule has 0 bridgehead atoms. The molecular weight excluding hydrogens is 326 g/mol. The van der Waals surface area contributed by atoms with Crippen LogP contribution in [0.4, 0.5) is 11.4 Å². The summed E-state index contributed by atoms with van der Waals surface area (Å²) in [4.78, 5) is 24.4. The minimum atomic E-state index is -0.268. The lowest BCUT2D eigenvalue weighted by molar-refractivity contribution is 0.102. The number of hydrogen-bond donors (Lipinski definition) is 2. The topological polar surface area (TPSA) is 82.0 Å². The molecular formula is C21H15N3O2. The number of rotatable bonds is 4. The van der Waals surface area contributed by atoms with E-state index in [9.17, 15) is 9.59 Å². The molecule has 5 heteroatoms. The van der Waals surface area contributed by atoms with Crippen molar-refractivity contribution < 1.29 is 9.59 Å². The summed E-state index contributed by atoms with van der Waals surface area (Å²) in [6, 6.07) is 24.2. The lowest BCUT2D eigenvalue weighted by Gasteiger charge is -2.08. The van der Waals surface area contributed by atoms with Crippen LogP contribution in [0.15, 0.2) is 78.9 Å². The Balaban J connectivity index is 1.64. The predicted octanol–water partition coefficient (Wildman–Crippen LogP) is 4.06. The maximum Gasteiger partial charge on any atom is 0.255 e. The van der Waals surface area contributed by atoms with Crippen molar-refractivity contribution in [1.29, 1.82) is 5.26 Å². The summed E-state index contributed by atoms with van der Waals surface area (Å²) in [6.45, 7) is 0. The molecule has 2 amide bonds. The van der Waals surface area contributed by atoms with Gasteiger partial charge in [-0.2, -0.15) is 5.26 Å². The minimum Gasteiger partial charge on any atom is -0.322 e. The molecule has 0 spiro atoms. The summed E-state index contributed by atoms with van der Waals surface area (Å²) in [7, 11) is 0. The van der Waals surface area contributed by atoms with Crippen molar-refractivity contribution in [3.63, 3.8) is 0 Å². The van der Waals surface area contributed by atoms with E-state index < -0.39 is 0 Å². The summed E-state index contributed by atoms with van der Waals surface area (Å²) >= 11 is 0. The number of amides is 2. The molecule has 5 nitrogen and oxygen atoms in total. The SMILES string of the molecule is N#Cc1ccc(NC(=O)c2ccc(NC(=O)c3ccccc3)cc2)cc1. The minimum absolute atomic E-state index is 0.208. The van der Waals surface area contributed by atoms with Crippen molar-refractivity contribution in [2.24, 2.45) is 0 Å². The van der Waals surface area contributed by atoms with Crippen LogP contribution in [0, 0.1) is 11.3 Å². The molecule has 26 heavy (non-hydrogen) atoms. The van der Waals surface area contributed by atoms with Crippen molar-refractivity contribution in [2.75, 3.05) is 10.6 Å². The highest BCUT2D eigenvalue weighted by Crippen LogP contribution is 2.14. The first-order valence-electron chi connectivity index (χ1n) is 7.94. The second-order valence-electron chi connectivity index (χ2n) is 5.54. The maximum absolute atomic E-state index is 12.3. The Bertz CT molecular complexity index is 957. The fourth-order valence-corrected chi connectivity index (χ4v) is 2.33. The molecule has 0 aliphatic carbocycles. The molecule has 0 radical (unpaired) electrons. The Kier molecular flexibility index (Phi) is 5.06. The smallest absolute Gasteiger partial charge is 0.255 e. The van der Waals surface area contributed by atoms with E-state index >= 15 is 0 Å². The second kappa shape index (κ2) is 7.77. The number of carbonyl (C=O) groups excluding carboxylic acids is 2. The highest BCUT2D eigenvalue weighted by molar-refractivity contribution is 6.06. The van der Waals surface area contributed by atoms with E-state index in [-0.39, 0.29) is 11.8 Å². The van der Waals surface area contributed by atoms with Gasteiger partial charge in [0, 0.05) is 22.5 Å². The molecule has 2 N–H and O–H groups in total. The first-order chi connectivity index (χ1) is 12.7. The van der Waals surface area contributed by atoms with Gasteiger partial charge in [-0.15, -0.1) is 0 Å². The maximum atomic E-state index is 12.3. The zero-order chi connectivity index (χ0) is 18.4. The molecule has 3 rings (SSSR count). The van der Waals surface area contributed by atoms with E-state index in [1.165, 1.54) is 0 Å². The van der Waals surface area contributed by atoms with Crippen LogP contribution in [-0.2, 0) is 0 Å². The summed E-state index contributed by atoms with van der Waals surface area (Å²) in [6.07, 6.45) is 0. The molecule has 0 aliphatic rings. The van der Waals surface area contributed by atoms with E-state index in [0.717, 1.165) is 0 Å². The highest BCUT2D eigenvalue weighted by Gasteiger charge is 2.08. The second-order valence-corrected chi connectivity index (χ2v) is 5.54. The van der Waals surface area contributed by atoms with Crippen LogP contribution >= 0.6 is 0 Å². The van der Waals surface area contributed by atoms with Gasteiger partial charge in [0.05, 0.1) is 11.6 Å². The van der Waals surface area contributed by atoms with Gasteiger partial charge < -0.3 is 10.6 Å². The van der Waals surface area contributed by atoms with Crippen LogP contribution in [0.1, 0.15) is 26.3 Å². The van der Waals surface area contributed by atoms with Crippen molar-refractivity contribution in [3.8, 4) is 6.07 Å². The summed E-state index contributed by atoms with van der Waals surface area (Å²) < 4.78 is 0. The zero-order valence-electron chi connectivity index (χ0n) is 13.8. The van der Waals surface area contributed by atoms with E-state index in [1.54, 1.807) is 72.8 Å². The summed E-state index contributed by atoms with van der Waals surface area (Å²) in [5.74, 6) is -0.476. The average Bonchev–Trinajstić information content (AvgIpc) is 2.69. The Hall–Kier alpha value is -3.91. The first-order valence-corrected chi connectivity index (χ1v) is 7.94. The van der Waals surface area contributed by atoms with Crippen LogP contribution in [0.2, 0.25) is 0 Å². The number of anilines is 2. The van der Waals surface area contributed by atoms with Gasteiger partial charge in [-0.05, 0) is 60.7 Å². The van der Waals surface area contributed by atoms with Gasteiger partial charge in [0.15, 0.2) is 0 Å². The Morgan fingerprint density at radius 2 is 1.12 bits per heavy atom. The molecule has 3 aromatic rings. The molecule has 126 valence electrons. The average molecular weight is 341 g/mol. The number of nitriles is 1. The lowest BCUT2D eigenvalue weighted by Crippen LogP contribution is -2.13. The van der Waals surface area contributed by atoms with Gasteiger partial charge in [-0.1, -0.05) is 18.2 Å². The fraction of sp³-hybridized carbons (Fsp3) is 0. The van der Waals surface area contributed by atoms with Gasteiger partial charge in [0.1, 0.15) is 0 Å². The monoisotopic (exact) mass is 341 g/mol. The Morgan fingerprint density at radius 1 is 0.654 bits per heavy atom. The van der Waals surface area contributed by atoms with Crippen molar-refractivity contribution in [1.82, 2.24) is 0 Å². The van der Waals surface area contributed by atoms with E-state index in [1.807, 2.05) is 12.1 Å². The largest absolute Gasteiger partial charge is 0.322 e. The third-order valence-electron chi connectivity index (χ3n) is 3.71. The number of nitrogens with one attached hydrogen (secondary N) is 2. The van der Waals surface area contributed by atoms with Crippen molar-refractivity contribution in [2.45, 2.75) is 0 Å². The molecule has 0 saturated heterocycles. The quantitative estimate of drug-likeness (QED) is 0.750. The van der Waals surface area contributed by atoms with Crippen LogP contribution < -0.4 is 10.6 Å². The number of nitrogens with zero attached hydrogens (tertiary/aromatic N) is 1. The predicted molar refractivity (Wildman–Crippen MR) is 99.9 cm³/mol. The van der Waals surface area contributed by atoms with Crippen LogP contribution in [0.5, 0.6) is 0 Å². The summed E-state index contributed by atoms with van der Waals surface area (Å²) in [5, 5.41) is 14.3. The molecule has 0 saturated carbocycles. The third kappa shape index (κ3) is 4.13. The standard InChI is InChI=1S/C21H15N3O2/c22-14-15-6-10-18(11-7-15)23-21(26)17-8-12-19(13-9-17)24-20(25)16-4-2-1-3-5-16/h1-13H,(H,23,26)(H,24,25). The molecule has 0 heterocycles. The van der Waals surface area contributed by atoms with Gasteiger partial charge in [0.2, 0.25) is 0 Å². The number of carbonyl (C=O) groups is 2. The molecule has 0 unspecified atom stereocenters. The lowest BCUT2D eigenvalue weighted by atomic mass is 10.1. The Labute approximate surface area is 150 Å². The van der Waals surface area contributed by atoms with Crippen molar-refractivity contribution in [3.05, 3.63) is 95.6 Å². The molecule has 0 atom stereocenters. The van der Waals surface area contributed by atoms with E-state index in [4.69, 9.17) is 5.26 Å². The Morgan fingerprint density at radius 3 is 1.62 bits per heavy atom. The van der Waals surface area contributed by atoms with E-state index in [0.29, 0.717) is 28.1 Å². The van der Waals surface area contributed by atoms with Gasteiger partial charge in [0.25, 0.3) is 11.8 Å². The molecule has 0 aromatic heterocycles. The molecule has 0 fully saturated rings. The van der Waals surface area contributed by atoms with Crippen LogP contribution in [-0.4, -0.2) is 11.8 Å². The normalized spacial score (nSPS) is 9.81. The molecule has 3 aromatic carbocycles. The van der Waals surface area contributed by atoms with Gasteiger partial charge >= 0.3 is 0 Å². The fourth-order valence-electron chi connectivity index (χ4n) is 2.33. The van der Waals surface area contributed by atoms with E-state index in [2.05, 4.69) is 10.6 Å². The van der Waals surface area contributed by atoms with Gasteiger partial charge in [-0.25, -0.2) is 0 Å². The third-order valence-corrected chi connectivity index (χ3v) is 3.71. The van der Waals surface area contributed by atoms with Gasteiger partial charge in [-0.3, -0.25) is 9.59 Å². The van der Waals surface area contributed by atoms with Crippen LogP contribution in [0.3, 0.4) is 0 Å². The molecule has 0 aliphatic heterocycles. The summed E-state index contributed by atoms with van der Waals surface area (Å²) in [5.41, 5.74) is 2.77. The number of hydrogen-bond acceptors (Lipinski definition) is 3. The highest BCUT2D eigenvalue weighted by atomic mass is 16.2. The van der Waals surface area contributed by atoms with Crippen molar-refractivity contribution >= 4 is 23.2 Å². The van der Waals surface area contributed by atoms with Crippen LogP contribution in [0.25, 0.3) is 0 Å². The first kappa shape index (κ1) is 16.9.